The molecule has 0 spiro atoms. The molecule has 27 heavy (non-hydrogen) atoms. The zero-order valence-electron chi connectivity index (χ0n) is 15.1. The predicted molar refractivity (Wildman–Crippen MR) is 115 cm³/mol. The Kier molecular flexibility index (Phi) is 3.54. The molecule has 5 rings (SSSR count). The van der Waals surface area contributed by atoms with Crippen molar-refractivity contribution >= 4 is 44.2 Å². The van der Waals surface area contributed by atoms with Gasteiger partial charge in [-0.15, -0.1) is 0 Å². The molecule has 0 atom stereocenters. The van der Waals surface area contributed by atoms with E-state index in [1.54, 1.807) is 6.08 Å². The van der Waals surface area contributed by atoms with E-state index in [-0.39, 0.29) is 5.78 Å². The molecule has 0 heterocycles. The van der Waals surface area contributed by atoms with Crippen LogP contribution in [0.2, 0.25) is 0 Å². The molecule has 0 fully saturated rings. The minimum Gasteiger partial charge on any atom is -0.289 e. The third kappa shape index (κ3) is 2.60. The van der Waals surface area contributed by atoms with Crippen LogP contribution in [-0.4, -0.2) is 5.78 Å². The van der Waals surface area contributed by atoms with Crippen LogP contribution in [0.3, 0.4) is 0 Å². The van der Waals surface area contributed by atoms with Crippen LogP contribution in [0.4, 0.5) is 0 Å². The SMILES string of the molecule is Cc1ccc(/C=C/C(=O)c2ccc3ccc4cccc5ccc2c3c45)cc1. The summed E-state index contributed by atoms with van der Waals surface area (Å²) in [5.41, 5.74) is 3.00. The van der Waals surface area contributed by atoms with Gasteiger partial charge in [0.1, 0.15) is 0 Å². The number of benzene rings is 5. The number of hydrogen-bond donors (Lipinski definition) is 0. The van der Waals surface area contributed by atoms with Gasteiger partial charge in [-0.2, -0.15) is 0 Å². The Morgan fingerprint density at radius 2 is 1.33 bits per heavy atom. The highest BCUT2D eigenvalue weighted by Crippen LogP contribution is 2.36. The highest BCUT2D eigenvalue weighted by atomic mass is 16.1. The van der Waals surface area contributed by atoms with Crippen LogP contribution in [0.1, 0.15) is 21.5 Å². The van der Waals surface area contributed by atoms with Crippen molar-refractivity contribution in [1.29, 1.82) is 0 Å². The van der Waals surface area contributed by atoms with E-state index in [1.807, 2.05) is 24.3 Å². The Labute approximate surface area is 157 Å². The molecule has 0 saturated carbocycles. The highest BCUT2D eigenvalue weighted by molar-refractivity contribution is 6.27. The number of carbonyl (C=O) groups is 1. The van der Waals surface area contributed by atoms with Gasteiger partial charge in [-0.3, -0.25) is 4.79 Å². The molecule has 0 amide bonds. The molecule has 0 bridgehead atoms. The van der Waals surface area contributed by atoms with Gasteiger partial charge in [-0.1, -0.05) is 84.4 Å². The Balaban J connectivity index is 1.66. The van der Waals surface area contributed by atoms with Crippen LogP contribution in [0, 0.1) is 6.92 Å². The van der Waals surface area contributed by atoms with Crippen LogP contribution in [0.25, 0.3) is 38.4 Å². The fraction of sp³-hybridized carbons (Fsp3) is 0.0385. The number of carbonyl (C=O) groups excluding carboxylic acids is 1. The summed E-state index contributed by atoms with van der Waals surface area (Å²) in [5.74, 6) is 0.0357. The number of allylic oxidation sites excluding steroid dienone is 1. The first-order valence-electron chi connectivity index (χ1n) is 9.16. The Morgan fingerprint density at radius 1 is 0.704 bits per heavy atom. The van der Waals surface area contributed by atoms with Crippen molar-refractivity contribution in [2.75, 3.05) is 0 Å². The molecule has 5 aromatic rings. The standard InChI is InChI=1S/C26H18O/c1-17-5-7-18(8-6-17)9-16-24(27)22-14-12-21-11-10-19-3-2-4-20-13-15-23(22)26(21)25(19)20/h2-16H,1H3/b16-9+. The summed E-state index contributed by atoms with van der Waals surface area (Å²) in [6.45, 7) is 2.06. The van der Waals surface area contributed by atoms with Crippen LogP contribution < -0.4 is 0 Å². The molecule has 0 unspecified atom stereocenters. The van der Waals surface area contributed by atoms with Crippen molar-refractivity contribution in [3.05, 3.63) is 102 Å². The third-order valence-electron chi connectivity index (χ3n) is 5.30. The summed E-state index contributed by atoms with van der Waals surface area (Å²) < 4.78 is 0. The lowest BCUT2D eigenvalue weighted by Gasteiger charge is -2.12. The van der Waals surface area contributed by atoms with E-state index >= 15 is 0 Å². The summed E-state index contributed by atoms with van der Waals surface area (Å²) >= 11 is 0. The fourth-order valence-electron chi connectivity index (χ4n) is 3.89. The summed E-state index contributed by atoms with van der Waals surface area (Å²) in [6, 6.07) is 27.0. The lowest BCUT2D eigenvalue weighted by Crippen LogP contribution is -1.97. The van der Waals surface area contributed by atoms with Gasteiger partial charge in [0, 0.05) is 5.56 Å². The molecule has 0 aliphatic rings. The zero-order valence-corrected chi connectivity index (χ0v) is 15.1. The summed E-state index contributed by atoms with van der Waals surface area (Å²) in [5, 5.41) is 7.05. The normalized spacial score (nSPS) is 11.9. The number of rotatable bonds is 3. The second-order valence-corrected chi connectivity index (χ2v) is 7.08. The summed E-state index contributed by atoms with van der Waals surface area (Å²) in [4.78, 5) is 12.9. The quantitative estimate of drug-likeness (QED) is 0.200. The topological polar surface area (TPSA) is 17.1 Å². The van der Waals surface area contributed by atoms with Gasteiger partial charge in [0.2, 0.25) is 0 Å². The van der Waals surface area contributed by atoms with Gasteiger partial charge in [-0.25, -0.2) is 0 Å². The van der Waals surface area contributed by atoms with Gasteiger partial charge in [-0.05, 0) is 56.9 Å². The van der Waals surface area contributed by atoms with Gasteiger partial charge >= 0.3 is 0 Å². The second kappa shape index (κ2) is 6.07. The minimum atomic E-state index is 0.0357. The van der Waals surface area contributed by atoms with E-state index in [2.05, 4.69) is 67.6 Å². The molecular formula is C26H18O. The minimum absolute atomic E-state index is 0.0357. The van der Waals surface area contributed by atoms with Crippen molar-refractivity contribution in [3.63, 3.8) is 0 Å². The molecule has 0 N–H and O–H groups in total. The Morgan fingerprint density at radius 3 is 2.07 bits per heavy atom. The predicted octanol–water partition coefficient (Wildman–Crippen LogP) is 6.79. The molecule has 1 heteroatoms. The lowest BCUT2D eigenvalue weighted by atomic mass is 9.91. The smallest absolute Gasteiger partial charge is 0.186 e. The van der Waals surface area contributed by atoms with E-state index in [0.717, 1.165) is 16.5 Å². The van der Waals surface area contributed by atoms with Crippen molar-refractivity contribution in [2.45, 2.75) is 6.92 Å². The number of ketones is 1. The average molecular weight is 346 g/mol. The maximum atomic E-state index is 12.9. The van der Waals surface area contributed by atoms with Gasteiger partial charge in [0.25, 0.3) is 0 Å². The van der Waals surface area contributed by atoms with Crippen LogP contribution in [-0.2, 0) is 0 Å². The zero-order chi connectivity index (χ0) is 18.4. The van der Waals surface area contributed by atoms with Crippen LogP contribution in [0.5, 0.6) is 0 Å². The van der Waals surface area contributed by atoms with E-state index in [9.17, 15) is 4.79 Å². The molecular weight excluding hydrogens is 328 g/mol. The molecule has 0 aliphatic heterocycles. The van der Waals surface area contributed by atoms with Crippen molar-refractivity contribution in [2.24, 2.45) is 0 Å². The van der Waals surface area contributed by atoms with Gasteiger partial charge in [0.15, 0.2) is 5.78 Å². The molecule has 0 aliphatic carbocycles. The first kappa shape index (κ1) is 15.8. The maximum Gasteiger partial charge on any atom is 0.186 e. The number of hydrogen-bond acceptors (Lipinski definition) is 1. The molecule has 5 aromatic carbocycles. The molecule has 0 radical (unpaired) electrons. The van der Waals surface area contributed by atoms with Gasteiger partial charge in [0.05, 0.1) is 0 Å². The molecule has 1 nitrogen and oxygen atoms in total. The summed E-state index contributed by atoms with van der Waals surface area (Å²) in [7, 11) is 0. The van der Waals surface area contributed by atoms with Crippen molar-refractivity contribution in [1.82, 2.24) is 0 Å². The molecule has 0 aromatic heterocycles. The van der Waals surface area contributed by atoms with Gasteiger partial charge < -0.3 is 0 Å². The number of aryl methyl sites for hydroxylation is 1. The highest BCUT2D eigenvalue weighted by Gasteiger charge is 2.13. The third-order valence-corrected chi connectivity index (χ3v) is 5.30. The Bertz CT molecular complexity index is 1310. The van der Waals surface area contributed by atoms with Crippen LogP contribution >= 0.6 is 0 Å². The monoisotopic (exact) mass is 346 g/mol. The molecule has 128 valence electrons. The fourth-order valence-corrected chi connectivity index (χ4v) is 3.89. The first-order valence-corrected chi connectivity index (χ1v) is 9.16. The molecule has 0 saturated heterocycles. The van der Waals surface area contributed by atoms with Crippen molar-refractivity contribution < 1.29 is 4.79 Å². The summed E-state index contributed by atoms with van der Waals surface area (Å²) in [6.07, 6.45) is 3.57. The Hall–Kier alpha value is -3.45. The lowest BCUT2D eigenvalue weighted by molar-refractivity contribution is 0.104. The van der Waals surface area contributed by atoms with E-state index in [0.29, 0.717) is 0 Å². The van der Waals surface area contributed by atoms with E-state index in [4.69, 9.17) is 0 Å². The maximum absolute atomic E-state index is 12.9. The average Bonchev–Trinajstić information content (AvgIpc) is 2.71. The largest absolute Gasteiger partial charge is 0.289 e. The second-order valence-electron chi connectivity index (χ2n) is 7.08. The first-order chi connectivity index (χ1) is 13.2. The van der Waals surface area contributed by atoms with E-state index in [1.165, 1.54) is 32.5 Å². The van der Waals surface area contributed by atoms with Crippen LogP contribution in [0.15, 0.2) is 84.9 Å². The van der Waals surface area contributed by atoms with Crippen molar-refractivity contribution in [3.8, 4) is 0 Å². The van der Waals surface area contributed by atoms with E-state index < -0.39 is 0 Å².